The summed E-state index contributed by atoms with van der Waals surface area (Å²) in [6.45, 7) is 0.640. The normalized spacial score (nSPS) is 18.1. The van der Waals surface area contributed by atoms with E-state index in [1.165, 1.54) is 0 Å². The van der Waals surface area contributed by atoms with Crippen molar-refractivity contribution in [3.8, 4) is 5.82 Å². The summed E-state index contributed by atoms with van der Waals surface area (Å²) in [5, 5.41) is 7.00. The molecule has 0 bridgehead atoms. The number of hydrogen-bond acceptors (Lipinski definition) is 4. The number of anilines is 1. The molecule has 0 spiro atoms. The molecule has 0 unspecified atom stereocenters. The van der Waals surface area contributed by atoms with Crippen LogP contribution in [-0.4, -0.2) is 33.4 Å². The molecule has 1 N–H and O–H groups in total. The number of carbonyl (C=O) groups excluding carboxylic acids is 1. The minimum atomic E-state index is -0.376. The van der Waals surface area contributed by atoms with Gasteiger partial charge in [0.2, 0.25) is 0 Å². The number of rotatable bonds is 3. The summed E-state index contributed by atoms with van der Waals surface area (Å²) in [6.07, 6.45) is 6.40. The predicted octanol–water partition coefficient (Wildman–Crippen LogP) is 2.15. The number of ether oxygens (including phenoxy) is 1. The first-order valence-corrected chi connectivity index (χ1v) is 7.11. The van der Waals surface area contributed by atoms with Gasteiger partial charge >= 0.3 is 0 Å². The highest BCUT2D eigenvalue weighted by Crippen LogP contribution is 2.23. The summed E-state index contributed by atoms with van der Waals surface area (Å²) in [7, 11) is 0. The highest BCUT2D eigenvalue weighted by molar-refractivity contribution is 9.10. The minimum absolute atomic E-state index is 0.143. The molecular formula is C13H13BrN4O2. The maximum atomic E-state index is 12.1. The Morgan fingerprint density at radius 3 is 3.15 bits per heavy atom. The Morgan fingerprint density at radius 2 is 2.45 bits per heavy atom. The van der Waals surface area contributed by atoms with Gasteiger partial charge in [-0.15, -0.1) is 0 Å². The Kier molecular flexibility index (Phi) is 3.79. The summed E-state index contributed by atoms with van der Waals surface area (Å²) >= 11 is 3.36. The molecule has 7 heteroatoms. The summed E-state index contributed by atoms with van der Waals surface area (Å²) in [5.74, 6) is 0.431. The molecule has 0 aromatic carbocycles. The standard InChI is InChI=1S/C13H13BrN4O2/c14-9-7-10(17-13(19)11-3-1-6-20-11)12(15-8-9)18-5-2-4-16-18/h2,4-5,7-8,11H,1,3,6H2,(H,17,19)/t11-/m1/s1. The van der Waals surface area contributed by atoms with Crippen molar-refractivity contribution in [2.45, 2.75) is 18.9 Å². The van der Waals surface area contributed by atoms with Gasteiger partial charge in [0.1, 0.15) is 6.10 Å². The predicted molar refractivity (Wildman–Crippen MR) is 76.7 cm³/mol. The van der Waals surface area contributed by atoms with Crippen LogP contribution < -0.4 is 5.32 Å². The van der Waals surface area contributed by atoms with Gasteiger partial charge < -0.3 is 10.1 Å². The van der Waals surface area contributed by atoms with Gasteiger partial charge in [-0.25, -0.2) is 9.67 Å². The van der Waals surface area contributed by atoms with Gasteiger partial charge in [-0.1, -0.05) is 0 Å². The van der Waals surface area contributed by atoms with Gasteiger partial charge in [-0.05, 0) is 40.9 Å². The van der Waals surface area contributed by atoms with Crippen LogP contribution in [0.4, 0.5) is 5.69 Å². The maximum Gasteiger partial charge on any atom is 0.253 e. The van der Waals surface area contributed by atoms with E-state index in [9.17, 15) is 4.79 Å². The van der Waals surface area contributed by atoms with Gasteiger partial charge in [-0.3, -0.25) is 4.79 Å². The third-order valence-corrected chi connectivity index (χ3v) is 3.47. The zero-order chi connectivity index (χ0) is 13.9. The van der Waals surface area contributed by atoms with Gasteiger partial charge in [0, 0.05) is 29.7 Å². The molecule has 1 aliphatic rings. The Hall–Kier alpha value is -1.73. The quantitative estimate of drug-likeness (QED) is 0.932. The average Bonchev–Trinajstić information content (AvgIpc) is 3.12. The van der Waals surface area contributed by atoms with Crippen molar-refractivity contribution in [2.75, 3.05) is 11.9 Å². The molecule has 1 saturated heterocycles. The molecule has 2 aromatic heterocycles. The second-order valence-corrected chi connectivity index (χ2v) is 5.38. The molecule has 0 saturated carbocycles. The SMILES string of the molecule is O=C(Nc1cc(Br)cnc1-n1cccn1)[C@H]1CCCO1. The summed E-state index contributed by atoms with van der Waals surface area (Å²) < 4.78 is 7.78. The number of pyridine rings is 1. The number of nitrogens with one attached hydrogen (secondary N) is 1. The van der Waals surface area contributed by atoms with E-state index < -0.39 is 0 Å². The zero-order valence-electron chi connectivity index (χ0n) is 10.6. The lowest BCUT2D eigenvalue weighted by Crippen LogP contribution is -2.27. The number of aromatic nitrogens is 3. The molecule has 6 nitrogen and oxygen atoms in total. The summed E-state index contributed by atoms with van der Waals surface area (Å²) in [4.78, 5) is 16.4. The highest BCUT2D eigenvalue weighted by Gasteiger charge is 2.24. The Bertz CT molecular complexity index is 609. The van der Waals surface area contributed by atoms with Crippen LogP contribution in [0.5, 0.6) is 0 Å². The monoisotopic (exact) mass is 336 g/mol. The van der Waals surface area contributed by atoms with Crippen LogP contribution in [0.25, 0.3) is 5.82 Å². The first kappa shape index (κ1) is 13.3. The lowest BCUT2D eigenvalue weighted by atomic mass is 10.2. The minimum Gasteiger partial charge on any atom is -0.368 e. The zero-order valence-corrected chi connectivity index (χ0v) is 12.2. The van der Waals surface area contributed by atoms with E-state index in [1.54, 1.807) is 35.4 Å². The maximum absolute atomic E-state index is 12.1. The summed E-state index contributed by atoms with van der Waals surface area (Å²) in [5.41, 5.74) is 0.601. The molecule has 3 heterocycles. The van der Waals surface area contributed by atoms with Crippen LogP contribution >= 0.6 is 15.9 Å². The second kappa shape index (κ2) is 5.72. The fraction of sp³-hybridized carbons (Fsp3) is 0.308. The molecule has 2 aromatic rings. The first-order valence-electron chi connectivity index (χ1n) is 6.32. The van der Waals surface area contributed by atoms with E-state index in [4.69, 9.17) is 4.74 Å². The third kappa shape index (κ3) is 2.73. The Balaban J connectivity index is 1.87. The van der Waals surface area contributed by atoms with Crippen molar-refractivity contribution >= 4 is 27.5 Å². The first-order chi connectivity index (χ1) is 9.74. The van der Waals surface area contributed by atoms with E-state index in [0.717, 1.165) is 17.3 Å². The van der Waals surface area contributed by atoms with Crippen molar-refractivity contribution < 1.29 is 9.53 Å². The molecule has 1 atom stereocenters. The van der Waals surface area contributed by atoms with Crippen molar-refractivity contribution in [1.29, 1.82) is 0 Å². The van der Waals surface area contributed by atoms with Crippen molar-refractivity contribution in [1.82, 2.24) is 14.8 Å². The second-order valence-electron chi connectivity index (χ2n) is 4.47. The van der Waals surface area contributed by atoms with Gasteiger partial charge in [0.25, 0.3) is 5.91 Å². The highest BCUT2D eigenvalue weighted by atomic mass is 79.9. The number of amides is 1. The largest absolute Gasteiger partial charge is 0.368 e. The van der Waals surface area contributed by atoms with E-state index in [0.29, 0.717) is 18.1 Å². The Morgan fingerprint density at radius 1 is 1.55 bits per heavy atom. The lowest BCUT2D eigenvalue weighted by Gasteiger charge is -2.13. The van der Waals surface area contributed by atoms with Crippen LogP contribution in [0, 0.1) is 0 Å². The topological polar surface area (TPSA) is 69.0 Å². The molecule has 3 rings (SSSR count). The smallest absolute Gasteiger partial charge is 0.253 e. The molecule has 0 aliphatic carbocycles. The summed E-state index contributed by atoms with van der Waals surface area (Å²) in [6, 6.07) is 3.60. The van der Waals surface area contributed by atoms with Crippen molar-refractivity contribution in [2.24, 2.45) is 0 Å². The third-order valence-electron chi connectivity index (χ3n) is 3.03. The number of carbonyl (C=O) groups is 1. The van der Waals surface area contributed by atoms with E-state index in [2.05, 4.69) is 31.3 Å². The molecule has 1 aliphatic heterocycles. The van der Waals surface area contributed by atoms with Crippen LogP contribution in [0.1, 0.15) is 12.8 Å². The molecular weight excluding hydrogens is 324 g/mol. The molecule has 1 amide bonds. The lowest BCUT2D eigenvalue weighted by molar-refractivity contribution is -0.124. The van der Waals surface area contributed by atoms with E-state index in [1.807, 2.05) is 0 Å². The van der Waals surface area contributed by atoms with E-state index in [-0.39, 0.29) is 12.0 Å². The van der Waals surface area contributed by atoms with Crippen molar-refractivity contribution in [3.63, 3.8) is 0 Å². The molecule has 1 fully saturated rings. The fourth-order valence-electron chi connectivity index (χ4n) is 2.10. The molecule has 20 heavy (non-hydrogen) atoms. The number of nitrogens with zero attached hydrogens (tertiary/aromatic N) is 3. The van der Waals surface area contributed by atoms with Crippen LogP contribution in [0.2, 0.25) is 0 Å². The van der Waals surface area contributed by atoms with Crippen LogP contribution in [-0.2, 0) is 9.53 Å². The van der Waals surface area contributed by atoms with Gasteiger partial charge in [-0.2, -0.15) is 5.10 Å². The molecule has 104 valence electrons. The number of hydrogen-bond donors (Lipinski definition) is 1. The average molecular weight is 337 g/mol. The van der Waals surface area contributed by atoms with Gasteiger partial charge in [0.15, 0.2) is 5.82 Å². The van der Waals surface area contributed by atoms with Crippen LogP contribution in [0.3, 0.4) is 0 Å². The number of halogens is 1. The molecule has 0 radical (unpaired) electrons. The van der Waals surface area contributed by atoms with E-state index >= 15 is 0 Å². The van der Waals surface area contributed by atoms with Crippen molar-refractivity contribution in [3.05, 3.63) is 35.2 Å². The van der Waals surface area contributed by atoms with Gasteiger partial charge in [0.05, 0.1) is 5.69 Å². The fourth-order valence-corrected chi connectivity index (χ4v) is 2.43. The Labute approximate surface area is 124 Å². The van der Waals surface area contributed by atoms with Crippen LogP contribution in [0.15, 0.2) is 35.2 Å².